The Bertz CT molecular complexity index is 616. The van der Waals surface area contributed by atoms with Crippen molar-refractivity contribution in [3.05, 3.63) is 41.8 Å². The first-order valence-electron chi connectivity index (χ1n) is 7.25. The Morgan fingerprint density at radius 3 is 2.57 bits per heavy atom. The van der Waals surface area contributed by atoms with E-state index in [1.165, 1.54) is 6.42 Å². The first kappa shape index (κ1) is 13.8. The second-order valence-electron chi connectivity index (χ2n) is 5.30. The van der Waals surface area contributed by atoms with E-state index in [0.29, 0.717) is 18.2 Å². The number of nitrogens with zero attached hydrogens (tertiary/aromatic N) is 2. The number of aromatic nitrogens is 1. The molecule has 0 bridgehead atoms. The van der Waals surface area contributed by atoms with Crippen LogP contribution in [0.15, 0.2) is 34.7 Å². The normalized spacial score (nSPS) is 16.0. The molecular weight excluding hydrogens is 268 g/mol. The standard InChI is InChI=1S/C16H18N2O3/c19-16(20)14-13(11-18-9-5-2-6-10-18)21-15(17-14)12-7-3-1-4-8-12/h1,3-4,7-8H,2,5-6,9-11H2,(H,19,20). The topological polar surface area (TPSA) is 66.6 Å². The van der Waals surface area contributed by atoms with Crippen LogP contribution in [0.2, 0.25) is 0 Å². The van der Waals surface area contributed by atoms with E-state index in [0.717, 1.165) is 31.5 Å². The molecular formula is C16H18N2O3. The number of piperidine rings is 1. The van der Waals surface area contributed by atoms with Crippen molar-refractivity contribution in [3.8, 4) is 11.5 Å². The van der Waals surface area contributed by atoms with Gasteiger partial charge in [0.2, 0.25) is 5.89 Å². The molecule has 0 radical (unpaired) electrons. The highest BCUT2D eigenvalue weighted by Gasteiger charge is 2.22. The van der Waals surface area contributed by atoms with Gasteiger partial charge in [0.15, 0.2) is 11.5 Å². The highest BCUT2D eigenvalue weighted by molar-refractivity contribution is 5.87. The van der Waals surface area contributed by atoms with E-state index in [2.05, 4.69) is 9.88 Å². The maximum atomic E-state index is 11.4. The molecule has 1 aromatic carbocycles. The second-order valence-corrected chi connectivity index (χ2v) is 5.30. The average Bonchev–Trinajstić information content (AvgIpc) is 2.93. The van der Waals surface area contributed by atoms with Crippen LogP contribution in [0.5, 0.6) is 0 Å². The third kappa shape index (κ3) is 3.13. The molecule has 1 fully saturated rings. The summed E-state index contributed by atoms with van der Waals surface area (Å²) in [5.41, 5.74) is 0.823. The van der Waals surface area contributed by atoms with E-state index < -0.39 is 5.97 Å². The molecule has 0 unspecified atom stereocenters. The van der Waals surface area contributed by atoms with Gasteiger partial charge in [-0.3, -0.25) is 4.90 Å². The quantitative estimate of drug-likeness (QED) is 0.935. The van der Waals surface area contributed by atoms with Crippen molar-refractivity contribution in [1.82, 2.24) is 9.88 Å². The van der Waals surface area contributed by atoms with E-state index in [1.54, 1.807) is 0 Å². The van der Waals surface area contributed by atoms with Gasteiger partial charge < -0.3 is 9.52 Å². The molecule has 0 amide bonds. The monoisotopic (exact) mass is 286 g/mol. The molecule has 1 aliphatic heterocycles. The molecule has 0 saturated carbocycles. The summed E-state index contributed by atoms with van der Waals surface area (Å²) in [7, 11) is 0. The SMILES string of the molecule is O=C(O)c1nc(-c2ccccc2)oc1CN1CCCCC1. The fraction of sp³-hybridized carbons (Fsp3) is 0.375. The highest BCUT2D eigenvalue weighted by atomic mass is 16.4. The van der Waals surface area contributed by atoms with Crippen molar-refractivity contribution >= 4 is 5.97 Å². The Kier molecular flexibility index (Phi) is 4.01. The number of hydrogen-bond acceptors (Lipinski definition) is 4. The Hall–Kier alpha value is -2.14. The minimum Gasteiger partial charge on any atom is -0.476 e. The Labute approximate surface area is 123 Å². The predicted octanol–water partition coefficient (Wildman–Crippen LogP) is 3.03. The second kappa shape index (κ2) is 6.10. The fourth-order valence-electron chi connectivity index (χ4n) is 2.65. The summed E-state index contributed by atoms with van der Waals surface area (Å²) in [5, 5.41) is 9.31. The summed E-state index contributed by atoms with van der Waals surface area (Å²) >= 11 is 0. The fourth-order valence-corrected chi connectivity index (χ4v) is 2.65. The largest absolute Gasteiger partial charge is 0.476 e. The van der Waals surface area contributed by atoms with Crippen molar-refractivity contribution in [2.45, 2.75) is 25.8 Å². The molecule has 110 valence electrons. The zero-order chi connectivity index (χ0) is 14.7. The molecule has 1 aliphatic rings. The summed E-state index contributed by atoms with van der Waals surface area (Å²) in [6.07, 6.45) is 3.55. The number of likely N-dealkylation sites (tertiary alicyclic amines) is 1. The van der Waals surface area contributed by atoms with Gasteiger partial charge in [-0.2, -0.15) is 0 Å². The summed E-state index contributed by atoms with van der Waals surface area (Å²) in [6, 6.07) is 9.39. The molecule has 21 heavy (non-hydrogen) atoms. The smallest absolute Gasteiger partial charge is 0.358 e. The molecule has 0 spiro atoms. The molecule has 1 N–H and O–H groups in total. The van der Waals surface area contributed by atoms with Crippen molar-refractivity contribution in [3.63, 3.8) is 0 Å². The third-order valence-corrected chi connectivity index (χ3v) is 3.74. The summed E-state index contributed by atoms with van der Waals surface area (Å²) in [6.45, 7) is 2.49. The van der Waals surface area contributed by atoms with E-state index in [-0.39, 0.29) is 5.69 Å². The average molecular weight is 286 g/mol. The van der Waals surface area contributed by atoms with Crippen LogP contribution in [0.4, 0.5) is 0 Å². The molecule has 0 atom stereocenters. The van der Waals surface area contributed by atoms with E-state index >= 15 is 0 Å². The van der Waals surface area contributed by atoms with Crippen LogP contribution >= 0.6 is 0 Å². The van der Waals surface area contributed by atoms with Gasteiger partial charge in [0.05, 0.1) is 6.54 Å². The Morgan fingerprint density at radius 1 is 1.19 bits per heavy atom. The molecule has 0 aliphatic carbocycles. The molecule has 5 nitrogen and oxygen atoms in total. The Morgan fingerprint density at radius 2 is 1.90 bits per heavy atom. The minimum atomic E-state index is -1.03. The van der Waals surface area contributed by atoms with Gasteiger partial charge in [-0.25, -0.2) is 9.78 Å². The number of rotatable bonds is 4. The number of carboxylic acids is 1. The zero-order valence-electron chi connectivity index (χ0n) is 11.8. The van der Waals surface area contributed by atoms with Crippen molar-refractivity contribution in [2.75, 3.05) is 13.1 Å². The number of aromatic carboxylic acids is 1. The van der Waals surface area contributed by atoms with E-state index in [4.69, 9.17) is 4.42 Å². The van der Waals surface area contributed by atoms with Crippen LogP contribution in [0.3, 0.4) is 0 Å². The highest BCUT2D eigenvalue weighted by Crippen LogP contribution is 2.24. The van der Waals surface area contributed by atoms with E-state index in [9.17, 15) is 9.90 Å². The Balaban J connectivity index is 1.88. The van der Waals surface area contributed by atoms with E-state index in [1.807, 2.05) is 30.3 Å². The van der Waals surface area contributed by atoms with Crippen molar-refractivity contribution in [1.29, 1.82) is 0 Å². The molecule has 1 aromatic heterocycles. The predicted molar refractivity (Wildman–Crippen MR) is 78.0 cm³/mol. The van der Waals surface area contributed by atoms with Gasteiger partial charge >= 0.3 is 5.97 Å². The molecule has 3 rings (SSSR count). The summed E-state index contributed by atoms with van der Waals surface area (Å²) in [5.74, 6) is -0.212. The molecule has 2 heterocycles. The number of carbonyl (C=O) groups is 1. The van der Waals surface area contributed by atoms with Gasteiger partial charge in [-0.15, -0.1) is 0 Å². The number of oxazole rings is 1. The van der Waals surface area contributed by atoms with Gasteiger partial charge in [0.1, 0.15) is 0 Å². The van der Waals surface area contributed by atoms with Crippen molar-refractivity contribution < 1.29 is 14.3 Å². The van der Waals surface area contributed by atoms with Crippen LogP contribution < -0.4 is 0 Å². The van der Waals surface area contributed by atoms with Gasteiger partial charge in [0.25, 0.3) is 0 Å². The minimum absolute atomic E-state index is 0.0272. The van der Waals surface area contributed by atoms with Gasteiger partial charge in [-0.1, -0.05) is 24.6 Å². The third-order valence-electron chi connectivity index (χ3n) is 3.74. The van der Waals surface area contributed by atoms with Crippen LogP contribution in [-0.2, 0) is 6.54 Å². The van der Waals surface area contributed by atoms with Gasteiger partial charge in [0, 0.05) is 5.56 Å². The summed E-state index contributed by atoms with van der Waals surface area (Å²) in [4.78, 5) is 17.7. The maximum absolute atomic E-state index is 11.4. The van der Waals surface area contributed by atoms with Crippen LogP contribution in [0.1, 0.15) is 35.5 Å². The number of benzene rings is 1. The lowest BCUT2D eigenvalue weighted by Gasteiger charge is -2.25. The number of hydrogen-bond donors (Lipinski definition) is 1. The maximum Gasteiger partial charge on any atom is 0.358 e. The first-order chi connectivity index (χ1) is 10.2. The van der Waals surface area contributed by atoms with Gasteiger partial charge in [-0.05, 0) is 38.1 Å². The van der Waals surface area contributed by atoms with Crippen LogP contribution in [0, 0.1) is 0 Å². The first-order valence-corrected chi connectivity index (χ1v) is 7.25. The number of carboxylic acid groups (broad SMARTS) is 1. The molecule has 5 heteroatoms. The lowest BCUT2D eigenvalue weighted by atomic mass is 10.1. The van der Waals surface area contributed by atoms with Crippen molar-refractivity contribution in [2.24, 2.45) is 0 Å². The zero-order valence-corrected chi connectivity index (χ0v) is 11.8. The lowest BCUT2D eigenvalue weighted by molar-refractivity contribution is 0.0686. The van der Waals surface area contributed by atoms with Crippen LogP contribution in [0.25, 0.3) is 11.5 Å². The lowest BCUT2D eigenvalue weighted by Crippen LogP contribution is -2.29. The van der Waals surface area contributed by atoms with Crippen LogP contribution in [-0.4, -0.2) is 34.0 Å². The molecule has 2 aromatic rings. The molecule has 1 saturated heterocycles. The summed E-state index contributed by atoms with van der Waals surface area (Å²) < 4.78 is 5.73.